The summed E-state index contributed by atoms with van der Waals surface area (Å²) in [4.78, 5) is 28.3. The first-order valence-electron chi connectivity index (χ1n) is 9.09. The van der Waals surface area contributed by atoms with Gasteiger partial charge in [-0.15, -0.1) is 0 Å². The van der Waals surface area contributed by atoms with Gasteiger partial charge in [-0.2, -0.15) is 13.2 Å². The summed E-state index contributed by atoms with van der Waals surface area (Å²) in [5.74, 6) is -0.753. The Hall–Kier alpha value is -2.73. The number of carbonyl (C=O) groups excluding carboxylic acids is 1. The molecule has 8 nitrogen and oxygen atoms in total. The molecule has 1 aliphatic heterocycles. The Bertz CT molecular complexity index is 981. The van der Waals surface area contributed by atoms with Gasteiger partial charge in [-0.25, -0.2) is 9.78 Å². The molecule has 1 aromatic heterocycles. The molecule has 0 aliphatic carbocycles. The van der Waals surface area contributed by atoms with Crippen molar-refractivity contribution in [3.63, 3.8) is 0 Å². The number of aromatic nitrogens is 1. The number of nitrogens with zero attached hydrogens (tertiary/aromatic N) is 3. The zero-order valence-electron chi connectivity index (χ0n) is 16.1. The van der Waals surface area contributed by atoms with Crippen LogP contribution in [0.3, 0.4) is 0 Å². The lowest BCUT2D eigenvalue weighted by atomic mass is 9.80. The molecule has 0 unspecified atom stereocenters. The molecule has 0 saturated heterocycles. The number of hydrogen-bond acceptors (Lipinski definition) is 7. The number of nitro groups is 1. The largest absolute Gasteiger partial charge is 0.449 e. The molecule has 30 heavy (non-hydrogen) atoms. The molecule has 0 bridgehead atoms. The van der Waals surface area contributed by atoms with E-state index in [1.807, 2.05) is 0 Å². The molecule has 0 fully saturated rings. The van der Waals surface area contributed by atoms with Crippen LogP contribution in [0.2, 0.25) is 0 Å². The van der Waals surface area contributed by atoms with Gasteiger partial charge in [-0.3, -0.25) is 15.0 Å². The Morgan fingerprint density at radius 1 is 1.47 bits per heavy atom. The number of thiazole rings is 1. The number of ether oxygens (including phenoxy) is 1. The quantitative estimate of drug-likeness (QED) is 0.543. The summed E-state index contributed by atoms with van der Waals surface area (Å²) in [6, 6.07) is 2.99. The predicted octanol–water partition coefficient (Wildman–Crippen LogP) is 4.63. The maximum atomic E-state index is 13.4. The highest BCUT2D eigenvalue weighted by atomic mass is 32.1. The van der Waals surface area contributed by atoms with E-state index in [0.717, 1.165) is 29.7 Å². The predicted molar refractivity (Wildman–Crippen MR) is 103 cm³/mol. The summed E-state index contributed by atoms with van der Waals surface area (Å²) in [7, 11) is 0. The molecule has 1 aromatic carbocycles. The van der Waals surface area contributed by atoms with Crippen LogP contribution >= 0.6 is 11.3 Å². The molecule has 12 heteroatoms. The van der Waals surface area contributed by atoms with Crippen LogP contribution in [0.25, 0.3) is 0 Å². The fraction of sp³-hybridized carbons (Fsp3) is 0.444. The second-order valence-electron chi connectivity index (χ2n) is 6.81. The summed E-state index contributed by atoms with van der Waals surface area (Å²) in [5.41, 5.74) is 4.67. The van der Waals surface area contributed by atoms with Gasteiger partial charge in [0.05, 0.1) is 22.8 Å². The van der Waals surface area contributed by atoms with E-state index in [4.69, 9.17) is 10.5 Å². The molecule has 2 N–H and O–H groups in total. The minimum atomic E-state index is -4.61. The number of benzene rings is 1. The normalized spacial score (nSPS) is 21.3. The first-order chi connectivity index (χ1) is 14.0. The fourth-order valence-corrected chi connectivity index (χ4v) is 4.38. The molecule has 3 rings (SSSR count). The fourth-order valence-electron chi connectivity index (χ4n) is 3.52. The highest BCUT2D eigenvalue weighted by molar-refractivity contribution is 7.15. The maximum Gasteiger partial charge on any atom is 0.416 e. The smallest absolute Gasteiger partial charge is 0.416 e. The average Bonchev–Trinajstić information content (AvgIpc) is 3.16. The van der Waals surface area contributed by atoms with E-state index in [-0.39, 0.29) is 40.7 Å². The molecule has 1 aliphatic rings. The van der Waals surface area contributed by atoms with Crippen LogP contribution in [0.5, 0.6) is 0 Å². The average molecular weight is 444 g/mol. The van der Waals surface area contributed by atoms with Crippen LogP contribution in [0.1, 0.15) is 48.7 Å². The van der Waals surface area contributed by atoms with Gasteiger partial charge in [0.25, 0.3) is 0 Å². The Labute approximate surface area is 173 Å². The first-order valence-corrected chi connectivity index (χ1v) is 9.90. The highest BCUT2D eigenvalue weighted by Crippen LogP contribution is 2.49. The van der Waals surface area contributed by atoms with Gasteiger partial charge in [0.1, 0.15) is 16.9 Å². The van der Waals surface area contributed by atoms with Crippen LogP contribution in [0.4, 0.5) is 28.7 Å². The van der Waals surface area contributed by atoms with E-state index in [0.29, 0.717) is 0 Å². The number of fused-ring (bicyclic) bond motifs is 1. The second kappa shape index (κ2) is 7.84. The molecule has 2 aromatic rings. The lowest BCUT2D eigenvalue weighted by Crippen LogP contribution is -2.61. The molecule has 0 spiro atoms. The third-order valence-electron chi connectivity index (χ3n) is 5.03. The monoisotopic (exact) mass is 444 g/mol. The zero-order chi connectivity index (χ0) is 22.3. The zero-order valence-corrected chi connectivity index (χ0v) is 16.9. The Morgan fingerprint density at radius 2 is 2.17 bits per heavy atom. The molecule has 162 valence electrons. The van der Waals surface area contributed by atoms with Gasteiger partial charge in [0.2, 0.25) is 0 Å². The van der Waals surface area contributed by atoms with E-state index in [1.54, 1.807) is 13.8 Å². The Morgan fingerprint density at radius 3 is 2.70 bits per heavy atom. The highest BCUT2D eigenvalue weighted by Gasteiger charge is 2.47. The summed E-state index contributed by atoms with van der Waals surface area (Å²) in [6.07, 6.45) is -4.01. The molecule has 2 heterocycles. The van der Waals surface area contributed by atoms with Gasteiger partial charge >= 0.3 is 17.3 Å². The van der Waals surface area contributed by atoms with Gasteiger partial charge in [0, 0.05) is 5.92 Å². The number of halogens is 3. The third-order valence-corrected chi connectivity index (χ3v) is 6.09. The number of hydrogen-bond donors (Lipinski definition) is 1. The van der Waals surface area contributed by atoms with Gasteiger partial charge in [-0.05, 0) is 54.9 Å². The lowest BCUT2D eigenvalue weighted by molar-refractivity contribution is -0.380. The van der Waals surface area contributed by atoms with Crippen molar-refractivity contribution in [2.24, 2.45) is 5.73 Å². The minimum Gasteiger partial charge on any atom is -0.449 e. The van der Waals surface area contributed by atoms with Crippen molar-refractivity contribution >= 4 is 28.1 Å². The van der Waals surface area contributed by atoms with E-state index in [1.165, 1.54) is 11.0 Å². The number of carbonyl (C=O) groups is 1. The van der Waals surface area contributed by atoms with E-state index < -0.39 is 34.3 Å². The number of amides is 1. The number of nitrogens with two attached hydrogens (primary N) is 1. The first kappa shape index (κ1) is 22.0. The molecular formula is C18H19F3N4O4S. The third kappa shape index (κ3) is 3.84. The second-order valence-corrected chi connectivity index (χ2v) is 7.85. The minimum absolute atomic E-state index is 0.0291. The Kier molecular flexibility index (Phi) is 5.74. The topological polar surface area (TPSA) is 112 Å². The van der Waals surface area contributed by atoms with Crippen molar-refractivity contribution in [2.75, 3.05) is 11.5 Å². The number of anilines is 1. The molecule has 2 atom stereocenters. The maximum absolute atomic E-state index is 13.4. The van der Waals surface area contributed by atoms with Crippen LogP contribution in [0, 0.1) is 10.1 Å². The SMILES string of the molecule is CCOC(=O)N1c2ccc(C(F)(F)F)cc2[C@@H](c2ncc([N+](=O)[O-])s2)C[C@@]1(N)CC. The van der Waals surface area contributed by atoms with Crippen molar-refractivity contribution in [1.82, 2.24) is 4.98 Å². The Balaban J connectivity index is 2.22. The van der Waals surface area contributed by atoms with Gasteiger partial charge in [0.15, 0.2) is 0 Å². The molecular weight excluding hydrogens is 425 g/mol. The van der Waals surface area contributed by atoms with E-state index in [2.05, 4.69) is 4.98 Å². The van der Waals surface area contributed by atoms with Crippen LogP contribution < -0.4 is 10.6 Å². The van der Waals surface area contributed by atoms with E-state index >= 15 is 0 Å². The summed E-state index contributed by atoms with van der Waals surface area (Å²) >= 11 is 0.774. The molecule has 0 saturated carbocycles. The van der Waals surface area contributed by atoms with E-state index in [9.17, 15) is 28.1 Å². The number of rotatable bonds is 4. The van der Waals surface area contributed by atoms with Gasteiger partial charge < -0.3 is 10.5 Å². The summed E-state index contributed by atoms with van der Waals surface area (Å²) in [5, 5.41) is 11.1. The van der Waals surface area contributed by atoms with Crippen LogP contribution in [0.15, 0.2) is 24.4 Å². The molecule has 1 amide bonds. The number of alkyl halides is 3. The van der Waals surface area contributed by atoms with Gasteiger partial charge in [-0.1, -0.05) is 6.92 Å². The summed E-state index contributed by atoms with van der Waals surface area (Å²) < 4.78 is 45.2. The molecule has 0 radical (unpaired) electrons. The van der Waals surface area contributed by atoms with Crippen molar-refractivity contribution in [3.8, 4) is 0 Å². The lowest BCUT2D eigenvalue weighted by Gasteiger charge is -2.46. The van der Waals surface area contributed by atoms with Crippen LogP contribution in [-0.2, 0) is 10.9 Å². The van der Waals surface area contributed by atoms with Crippen molar-refractivity contribution in [2.45, 2.75) is 44.4 Å². The van der Waals surface area contributed by atoms with Crippen molar-refractivity contribution in [3.05, 3.63) is 50.6 Å². The standard InChI is InChI=1S/C18H19F3N4O4S/c1-3-17(22)8-12(15-23-9-14(30-15)25(27)28)11-7-10(18(19,20)21)5-6-13(11)24(17)16(26)29-4-2/h5-7,9,12H,3-4,8,22H2,1-2H3/t12-,17+/m0/s1. The van der Waals surface area contributed by atoms with Crippen LogP contribution in [-0.4, -0.2) is 28.3 Å². The van der Waals surface area contributed by atoms with Crippen molar-refractivity contribution < 1.29 is 27.6 Å². The summed E-state index contributed by atoms with van der Waals surface area (Å²) in [6.45, 7) is 3.41. The van der Waals surface area contributed by atoms with Crippen molar-refractivity contribution in [1.29, 1.82) is 0 Å².